The van der Waals surface area contributed by atoms with Gasteiger partial charge in [-0.2, -0.15) is 0 Å². The molecule has 1 N–H and O–H groups in total. The second kappa shape index (κ2) is 5.88. The van der Waals surface area contributed by atoms with Crippen LogP contribution in [0.4, 0.5) is 0 Å². The molecular weight excluding hydrogens is 230 g/mol. The van der Waals surface area contributed by atoms with Crippen LogP contribution in [0.25, 0.3) is 0 Å². The molecule has 0 bridgehead atoms. The third-order valence-electron chi connectivity index (χ3n) is 3.97. The van der Waals surface area contributed by atoms with Crippen molar-refractivity contribution in [3.63, 3.8) is 0 Å². The van der Waals surface area contributed by atoms with Gasteiger partial charge in [-0.25, -0.2) is 0 Å². The van der Waals surface area contributed by atoms with E-state index in [9.17, 15) is 0 Å². The molecule has 3 atom stereocenters. The van der Waals surface area contributed by atoms with Gasteiger partial charge in [0.2, 0.25) is 0 Å². The van der Waals surface area contributed by atoms with Crippen LogP contribution in [0.2, 0.25) is 5.02 Å². The van der Waals surface area contributed by atoms with Crippen molar-refractivity contribution >= 4 is 11.6 Å². The third-order valence-corrected chi connectivity index (χ3v) is 4.32. The van der Waals surface area contributed by atoms with Crippen molar-refractivity contribution in [2.75, 3.05) is 6.54 Å². The fourth-order valence-electron chi connectivity index (χ4n) is 2.97. The maximum absolute atomic E-state index is 6.29. The Morgan fingerprint density at radius 2 is 2.06 bits per heavy atom. The molecule has 2 rings (SSSR count). The third kappa shape index (κ3) is 2.66. The predicted molar refractivity (Wildman–Crippen MR) is 74.7 cm³/mol. The number of rotatable bonds is 5. The van der Waals surface area contributed by atoms with E-state index in [1.807, 2.05) is 12.1 Å². The zero-order chi connectivity index (χ0) is 12.3. The van der Waals surface area contributed by atoms with E-state index in [2.05, 4.69) is 31.3 Å². The molecule has 94 valence electrons. The first kappa shape index (κ1) is 12.9. The molecule has 3 unspecified atom stereocenters. The van der Waals surface area contributed by atoms with E-state index in [-0.39, 0.29) is 0 Å². The van der Waals surface area contributed by atoms with Gasteiger partial charge < -0.3 is 5.32 Å². The highest BCUT2D eigenvalue weighted by Crippen LogP contribution is 2.46. The zero-order valence-corrected chi connectivity index (χ0v) is 11.5. The Morgan fingerprint density at radius 3 is 2.71 bits per heavy atom. The Balaban J connectivity index is 2.03. The SMILES string of the molecule is CCCNC1CC(c2ccccc2Cl)C1CC. The van der Waals surface area contributed by atoms with E-state index in [0.29, 0.717) is 12.0 Å². The van der Waals surface area contributed by atoms with Crippen molar-refractivity contribution in [3.05, 3.63) is 34.9 Å². The minimum absolute atomic E-state index is 0.656. The zero-order valence-electron chi connectivity index (χ0n) is 10.7. The molecule has 1 aliphatic carbocycles. The summed E-state index contributed by atoms with van der Waals surface area (Å²) in [5.41, 5.74) is 1.34. The predicted octanol–water partition coefficient (Wildman–Crippen LogP) is 4.22. The smallest absolute Gasteiger partial charge is 0.0440 e. The maximum atomic E-state index is 6.29. The molecule has 0 heterocycles. The number of hydrogen-bond donors (Lipinski definition) is 1. The van der Waals surface area contributed by atoms with E-state index in [1.165, 1.54) is 24.8 Å². The summed E-state index contributed by atoms with van der Waals surface area (Å²) in [6.07, 6.45) is 3.68. The molecular formula is C15H22ClN. The number of nitrogens with one attached hydrogen (secondary N) is 1. The van der Waals surface area contributed by atoms with Crippen molar-refractivity contribution in [2.45, 2.75) is 45.1 Å². The van der Waals surface area contributed by atoms with E-state index in [0.717, 1.165) is 17.5 Å². The highest BCUT2D eigenvalue weighted by Gasteiger charge is 2.40. The average Bonchev–Trinajstić information content (AvgIpc) is 2.30. The first-order valence-electron chi connectivity index (χ1n) is 6.75. The summed E-state index contributed by atoms with van der Waals surface area (Å²) in [6.45, 7) is 5.64. The van der Waals surface area contributed by atoms with Gasteiger partial charge in [0.25, 0.3) is 0 Å². The van der Waals surface area contributed by atoms with Crippen molar-refractivity contribution in [1.29, 1.82) is 0 Å². The van der Waals surface area contributed by atoms with Crippen LogP contribution in [0.3, 0.4) is 0 Å². The molecule has 0 saturated heterocycles. The lowest BCUT2D eigenvalue weighted by Crippen LogP contribution is -2.49. The quantitative estimate of drug-likeness (QED) is 0.826. The lowest BCUT2D eigenvalue weighted by molar-refractivity contribution is 0.161. The molecule has 0 aromatic heterocycles. The van der Waals surface area contributed by atoms with E-state index in [1.54, 1.807) is 0 Å². The fraction of sp³-hybridized carbons (Fsp3) is 0.600. The lowest BCUT2D eigenvalue weighted by Gasteiger charge is -2.45. The highest BCUT2D eigenvalue weighted by molar-refractivity contribution is 6.31. The minimum atomic E-state index is 0.656. The van der Waals surface area contributed by atoms with Gasteiger partial charge in [-0.1, -0.05) is 50.1 Å². The maximum Gasteiger partial charge on any atom is 0.0440 e. The first-order chi connectivity index (χ1) is 8.27. The molecule has 0 aliphatic heterocycles. The van der Waals surface area contributed by atoms with Crippen LogP contribution in [0.1, 0.15) is 44.6 Å². The summed E-state index contributed by atoms with van der Waals surface area (Å²) in [4.78, 5) is 0. The monoisotopic (exact) mass is 251 g/mol. The Labute approximate surface area is 110 Å². The largest absolute Gasteiger partial charge is 0.314 e. The number of halogens is 1. The van der Waals surface area contributed by atoms with Crippen LogP contribution in [0, 0.1) is 5.92 Å². The summed E-state index contributed by atoms with van der Waals surface area (Å²) in [5, 5.41) is 4.58. The molecule has 0 radical (unpaired) electrons. The highest BCUT2D eigenvalue weighted by atomic mass is 35.5. The number of hydrogen-bond acceptors (Lipinski definition) is 1. The van der Waals surface area contributed by atoms with Crippen molar-refractivity contribution in [3.8, 4) is 0 Å². The van der Waals surface area contributed by atoms with Crippen LogP contribution in [0.15, 0.2) is 24.3 Å². The second-order valence-electron chi connectivity index (χ2n) is 5.00. The Morgan fingerprint density at radius 1 is 1.29 bits per heavy atom. The Hall–Kier alpha value is -0.530. The van der Waals surface area contributed by atoms with E-state index < -0.39 is 0 Å². The second-order valence-corrected chi connectivity index (χ2v) is 5.40. The van der Waals surface area contributed by atoms with Crippen LogP contribution in [-0.2, 0) is 0 Å². The summed E-state index contributed by atoms with van der Waals surface area (Å²) in [7, 11) is 0. The van der Waals surface area contributed by atoms with Gasteiger partial charge >= 0.3 is 0 Å². The van der Waals surface area contributed by atoms with E-state index in [4.69, 9.17) is 11.6 Å². The normalized spacial score (nSPS) is 27.8. The van der Waals surface area contributed by atoms with Gasteiger partial charge in [-0.3, -0.25) is 0 Å². The lowest BCUT2D eigenvalue weighted by atomic mass is 9.65. The van der Waals surface area contributed by atoms with Crippen LogP contribution in [-0.4, -0.2) is 12.6 Å². The van der Waals surface area contributed by atoms with Gasteiger partial charge in [0.15, 0.2) is 0 Å². The van der Waals surface area contributed by atoms with Gasteiger partial charge in [0.05, 0.1) is 0 Å². The first-order valence-corrected chi connectivity index (χ1v) is 7.13. The van der Waals surface area contributed by atoms with Crippen molar-refractivity contribution in [2.24, 2.45) is 5.92 Å². The van der Waals surface area contributed by atoms with Crippen LogP contribution < -0.4 is 5.32 Å². The van der Waals surface area contributed by atoms with Crippen molar-refractivity contribution in [1.82, 2.24) is 5.32 Å². The summed E-state index contributed by atoms with van der Waals surface area (Å²) in [5.74, 6) is 1.41. The Kier molecular flexibility index (Phi) is 4.47. The average molecular weight is 252 g/mol. The topological polar surface area (TPSA) is 12.0 Å². The molecule has 1 aromatic rings. The Bertz CT molecular complexity index is 364. The van der Waals surface area contributed by atoms with Gasteiger partial charge in [-0.05, 0) is 42.9 Å². The van der Waals surface area contributed by atoms with Crippen LogP contribution in [0.5, 0.6) is 0 Å². The summed E-state index contributed by atoms with van der Waals surface area (Å²) >= 11 is 6.29. The van der Waals surface area contributed by atoms with Crippen molar-refractivity contribution < 1.29 is 0 Å². The molecule has 1 fully saturated rings. The molecule has 1 aliphatic rings. The van der Waals surface area contributed by atoms with Gasteiger partial charge in [0, 0.05) is 11.1 Å². The minimum Gasteiger partial charge on any atom is -0.314 e. The van der Waals surface area contributed by atoms with Gasteiger partial charge in [-0.15, -0.1) is 0 Å². The summed E-state index contributed by atoms with van der Waals surface area (Å²) < 4.78 is 0. The fourth-order valence-corrected chi connectivity index (χ4v) is 3.25. The van der Waals surface area contributed by atoms with E-state index >= 15 is 0 Å². The molecule has 1 saturated carbocycles. The van der Waals surface area contributed by atoms with Crippen LogP contribution >= 0.6 is 11.6 Å². The number of benzene rings is 1. The molecule has 1 aromatic carbocycles. The molecule has 0 amide bonds. The molecule has 1 nitrogen and oxygen atoms in total. The molecule has 17 heavy (non-hydrogen) atoms. The molecule has 2 heteroatoms. The summed E-state index contributed by atoms with van der Waals surface area (Å²) in [6, 6.07) is 9.00. The van der Waals surface area contributed by atoms with Gasteiger partial charge in [0.1, 0.15) is 0 Å². The standard InChI is InChI=1S/C15H22ClN/c1-3-9-17-15-10-13(11(15)4-2)12-7-5-6-8-14(12)16/h5-8,11,13,15,17H,3-4,9-10H2,1-2H3. The molecule has 0 spiro atoms.